The molecule has 0 amide bonds. The summed E-state index contributed by atoms with van der Waals surface area (Å²) in [4.78, 5) is 2.44. The molecule has 9 rings (SSSR count). The molecule has 0 spiro atoms. The quantitative estimate of drug-likeness (QED) is 0.174. The Bertz CT molecular complexity index is 2550. The third kappa shape index (κ3) is 3.91. The molecule has 0 atom stereocenters. The molecule has 0 unspecified atom stereocenters. The summed E-state index contributed by atoms with van der Waals surface area (Å²) in [7, 11) is 0. The molecule has 1 nitrogen and oxygen atoms in total. The Balaban J connectivity index is 1.42. The monoisotopic (exact) mass is 617 g/mol. The van der Waals surface area contributed by atoms with E-state index in [1.807, 2.05) is 0 Å². The molecule has 232 valence electrons. The lowest BCUT2D eigenvalue weighted by molar-refractivity contribution is 0.494. The van der Waals surface area contributed by atoms with Gasteiger partial charge in [-0.15, -0.1) is 0 Å². The predicted molar refractivity (Wildman–Crippen MR) is 207 cm³/mol. The lowest BCUT2D eigenvalue weighted by atomic mass is 9.71. The molecule has 0 bridgehead atoms. The molecular formula is C47H39N. The first kappa shape index (κ1) is 28.8. The minimum atomic E-state index is -0.139. The van der Waals surface area contributed by atoms with E-state index in [9.17, 15) is 0 Å². The molecule has 1 aliphatic carbocycles. The van der Waals surface area contributed by atoms with Crippen molar-refractivity contribution in [1.82, 2.24) is 0 Å². The Morgan fingerprint density at radius 3 is 1.60 bits per heavy atom. The lowest BCUT2D eigenvalue weighted by Gasteiger charge is -2.33. The van der Waals surface area contributed by atoms with Gasteiger partial charge in [0.15, 0.2) is 0 Å². The van der Waals surface area contributed by atoms with Crippen molar-refractivity contribution in [2.75, 3.05) is 4.90 Å². The standard InChI is InChI=1S/C47H39N/c1-5-47(6-2)42-29-34(48(32-16-8-7-9-17-32)33-25-24-30(3)31(4)28-33)26-27-41(42)44-40-23-15-14-22-39(40)43-37-20-12-10-18-35(37)36-19-11-13-21-38(36)45(43)46(44)47/h7-29H,5-6H2,1-4H3. The van der Waals surface area contributed by atoms with Crippen LogP contribution in [0.3, 0.4) is 0 Å². The van der Waals surface area contributed by atoms with Crippen LogP contribution in [0.25, 0.3) is 54.2 Å². The van der Waals surface area contributed by atoms with Crippen LogP contribution in [0.5, 0.6) is 0 Å². The van der Waals surface area contributed by atoms with Gasteiger partial charge in [0.25, 0.3) is 0 Å². The molecular weight excluding hydrogens is 579 g/mol. The molecule has 0 fully saturated rings. The number of rotatable bonds is 5. The molecule has 0 saturated heterocycles. The summed E-state index contributed by atoms with van der Waals surface area (Å²) >= 11 is 0. The van der Waals surface area contributed by atoms with E-state index in [1.54, 1.807) is 0 Å². The number of anilines is 3. The largest absolute Gasteiger partial charge is 0.310 e. The van der Waals surface area contributed by atoms with Crippen molar-refractivity contribution in [3.05, 3.63) is 162 Å². The molecule has 1 aliphatic rings. The zero-order valence-electron chi connectivity index (χ0n) is 28.1. The van der Waals surface area contributed by atoms with Crippen molar-refractivity contribution in [3.8, 4) is 11.1 Å². The van der Waals surface area contributed by atoms with Crippen molar-refractivity contribution in [2.24, 2.45) is 0 Å². The zero-order chi connectivity index (χ0) is 32.6. The average molecular weight is 618 g/mol. The minimum absolute atomic E-state index is 0.139. The highest BCUT2D eigenvalue weighted by Crippen LogP contribution is 2.60. The van der Waals surface area contributed by atoms with Crippen LogP contribution in [0.1, 0.15) is 48.9 Å². The van der Waals surface area contributed by atoms with Crippen LogP contribution >= 0.6 is 0 Å². The first-order chi connectivity index (χ1) is 23.6. The summed E-state index contributed by atoms with van der Waals surface area (Å²) in [5.74, 6) is 0. The lowest BCUT2D eigenvalue weighted by Crippen LogP contribution is -2.24. The van der Waals surface area contributed by atoms with E-state index < -0.39 is 0 Å². The Morgan fingerprint density at radius 1 is 0.458 bits per heavy atom. The van der Waals surface area contributed by atoms with Gasteiger partial charge in [0, 0.05) is 22.5 Å². The second-order valence-corrected chi connectivity index (χ2v) is 13.6. The normalized spacial score (nSPS) is 13.3. The van der Waals surface area contributed by atoms with Crippen molar-refractivity contribution in [1.29, 1.82) is 0 Å². The molecule has 0 heterocycles. The second-order valence-electron chi connectivity index (χ2n) is 13.6. The van der Waals surface area contributed by atoms with Gasteiger partial charge in [0.2, 0.25) is 0 Å². The Kier molecular flexibility index (Phi) is 6.49. The Hall–Kier alpha value is -5.40. The third-order valence-corrected chi connectivity index (χ3v) is 11.4. The summed E-state index contributed by atoms with van der Waals surface area (Å²) < 4.78 is 0. The number of hydrogen-bond donors (Lipinski definition) is 0. The van der Waals surface area contributed by atoms with Gasteiger partial charge >= 0.3 is 0 Å². The highest BCUT2D eigenvalue weighted by Gasteiger charge is 2.44. The van der Waals surface area contributed by atoms with Crippen LogP contribution in [0.4, 0.5) is 17.1 Å². The number of fused-ring (bicyclic) bond motifs is 13. The van der Waals surface area contributed by atoms with Gasteiger partial charge < -0.3 is 4.90 Å². The topological polar surface area (TPSA) is 3.24 Å². The van der Waals surface area contributed by atoms with Crippen molar-refractivity contribution in [2.45, 2.75) is 46.0 Å². The van der Waals surface area contributed by atoms with Gasteiger partial charge in [-0.25, -0.2) is 0 Å². The molecule has 0 N–H and O–H groups in total. The van der Waals surface area contributed by atoms with Crippen LogP contribution in [0.15, 0.2) is 140 Å². The Morgan fingerprint density at radius 2 is 0.979 bits per heavy atom. The van der Waals surface area contributed by atoms with E-state index in [0.717, 1.165) is 12.8 Å². The van der Waals surface area contributed by atoms with Gasteiger partial charge in [-0.05, 0) is 140 Å². The van der Waals surface area contributed by atoms with E-state index in [1.165, 1.54) is 93.5 Å². The van der Waals surface area contributed by atoms with E-state index >= 15 is 0 Å². The van der Waals surface area contributed by atoms with E-state index in [2.05, 4.69) is 172 Å². The van der Waals surface area contributed by atoms with Crippen LogP contribution in [-0.4, -0.2) is 0 Å². The summed E-state index contributed by atoms with van der Waals surface area (Å²) in [5, 5.41) is 10.9. The summed E-state index contributed by atoms with van der Waals surface area (Å²) in [5.41, 5.74) is 11.8. The smallest absolute Gasteiger partial charge is 0.0465 e. The molecule has 0 aliphatic heterocycles. The summed E-state index contributed by atoms with van der Waals surface area (Å²) in [6.45, 7) is 9.21. The van der Waals surface area contributed by atoms with E-state index in [-0.39, 0.29) is 5.41 Å². The first-order valence-corrected chi connectivity index (χ1v) is 17.4. The van der Waals surface area contributed by atoms with Crippen LogP contribution < -0.4 is 4.90 Å². The molecule has 0 aromatic heterocycles. The van der Waals surface area contributed by atoms with Gasteiger partial charge in [-0.2, -0.15) is 0 Å². The SMILES string of the molecule is CCC1(CC)c2cc(N(c3ccccc3)c3ccc(C)c(C)c3)ccc2-c2c1c1c3ccccc3c3ccccc3c1c1ccccc21. The van der Waals surface area contributed by atoms with Crippen LogP contribution in [-0.2, 0) is 5.41 Å². The van der Waals surface area contributed by atoms with Crippen LogP contribution in [0, 0.1) is 13.8 Å². The third-order valence-electron chi connectivity index (χ3n) is 11.4. The number of benzene rings is 8. The van der Waals surface area contributed by atoms with Crippen molar-refractivity contribution < 1.29 is 0 Å². The molecule has 0 saturated carbocycles. The zero-order valence-corrected chi connectivity index (χ0v) is 28.1. The molecule has 8 aromatic rings. The fourth-order valence-electron chi connectivity index (χ4n) is 8.91. The Labute approximate surface area is 283 Å². The summed E-state index contributed by atoms with van der Waals surface area (Å²) in [6.07, 6.45) is 2.05. The first-order valence-electron chi connectivity index (χ1n) is 17.4. The molecule has 8 aromatic carbocycles. The maximum atomic E-state index is 2.52. The fraction of sp³-hybridized carbons (Fsp3) is 0.149. The van der Waals surface area contributed by atoms with Gasteiger partial charge in [-0.1, -0.05) is 117 Å². The van der Waals surface area contributed by atoms with Crippen molar-refractivity contribution >= 4 is 60.2 Å². The number of nitrogens with zero attached hydrogens (tertiary/aromatic N) is 1. The molecule has 0 radical (unpaired) electrons. The van der Waals surface area contributed by atoms with Crippen LogP contribution in [0.2, 0.25) is 0 Å². The molecule has 1 heteroatoms. The van der Waals surface area contributed by atoms with Gasteiger partial charge in [0.05, 0.1) is 0 Å². The van der Waals surface area contributed by atoms with Gasteiger partial charge in [-0.3, -0.25) is 0 Å². The number of hydrogen-bond acceptors (Lipinski definition) is 1. The van der Waals surface area contributed by atoms with Gasteiger partial charge in [0.1, 0.15) is 0 Å². The molecule has 48 heavy (non-hydrogen) atoms. The highest BCUT2D eigenvalue weighted by atomic mass is 15.1. The maximum absolute atomic E-state index is 2.52. The number of para-hydroxylation sites is 1. The minimum Gasteiger partial charge on any atom is -0.310 e. The predicted octanol–water partition coefficient (Wildman–Crippen LogP) is 13.5. The highest BCUT2D eigenvalue weighted by molar-refractivity contribution is 6.35. The van der Waals surface area contributed by atoms with E-state index in [0.29, 0.717) is 0 Å². The maximum Gasteiger partial charge on any atom is 0.0465 e. The summed E-state index contributed by atoms with van der Waals surface area (Å²) in [6, 6.07) is 52.3. The average Bonchev–Trinajstić information content (AvgIpc) is 3.43. The second kappa shape index (κ2) is 10.8. The van der Waals surface area contributed by atoms with Crippen molar-refractivity contribution in [3.63, 3.8) is 0 Å². The fourth-order valence-corrected chi connectivity index (χ4v) is 8.91. The van der Waals surface area contributed by atoms with E-state index in [4.69, 9.17) is 0 Å². The number of aryl methyl sites for hydroxylation is 2.